The lowest BCUT2D eigenvalue weighted by Gasteiger charge is -2.28. The van der Waals surface area contributed by atoms with Crippen molar-refractivity contribution < 1.29 is 38.0 Å². The molecule has 1 unspecified atom stereocenters. The first kappa shape index (κ1) is 55.8. The number of aliphatic hydroxyl groups is 1. The molecule has 0 fully saturated rings. The lowest BCUT2D eigenvalue weighted by Crippen LogP contribution is -2.31. The molecule has 2 N–H and O–H groups in total. The Balaban J connectivity index is 0.000000155. The van der Waals surface area contributed by atoms with Crippen molar-refractivity contribution in [3.63, 3.8) is 0 Å². The van der Waals surface area contributed by atoms with Crippen LogP contribution >= 0.6 is 15.9 Å². The zero-order valence-electron chi connectivity index (χ0n) is 46.5. The van der Waals surface area contributed by atoms with E-state index in [4.69, 9.17) is 33.2 Å². The van der Waals surface area contributed by atoms with Crippen molar-refractivity contribution in [3.8, 4) is 34.3 Å². The van der Waals surface area contributed by atoms with Crippen LogP contribution in [0, 0.1) is 27.7 Å². The molecule has 12 rings (SSSR count). The summed E-state index contributed by atoms with van der Waals surface area (Å²) in [5, 5.41) is 23.0. The molecule has 12 aromatic rings. The molecule has 4 aromatic carbocycles. The Hall–Kier alpha value is -9.46. The number of ketones is 1. The molecule has 0 radical (unpaired) electrons. The van der Waals surface area contributed by atoms with E-state index in [1.165, 1.54) is 9.95 Å². The average Bonchev–Trinajstić information content (AvgIpc) is 3.23. The van der Waals surface area contributed by atoms with Crippen LogP contribution < -0.4 is 9.47 Å². The number of aromatic amines is 1. The van der Waals surface area contributed by atoms with Gasteiger partial charge in [-0.1, -0.05) is 71.0 Å². The highest BCUT2D eigenvalue weighted by Gasteiger charge is 2.40. The van der Waals surface area contributed by atoms with E-state index in [9.17, 15) is 14.7 Å². The number of carbonyl (C=O) groups is 2. The van der Waals surface area contributed by atoms with Crippen LogP contribution in [0.1, 0.15) is 90.5 Å². The van der Waals surface area contributed by atoms with Crippen molar-refractivity contribution >= 4 is 71.7 Å². The number of halogens is 1. The molecule has 0 saturated carbocycles. The van der Waals surface area contributed by atoms with Crippen LogP contribution in [0.5, 0.6) is 12.0 Å². The van der Waals surface area contributed by atoms with Gasteiger partial charge in [-0.05, 0) is 162 Å². The minimum absolute atomic E-state index is 0.0396. The Kier molecular flexibility index (Phi) is 15.9. The fourth-order valence-corrected chi connectivity index (χ4v) is 9.94. The number of carbonyl (C=O) groups excluding carboxylic acids is 2. The first-order chi connectivity index (χ1) is 39.4. The van der Waals surface area contributed by atoms with Crippen LogP contribution in [0.3, 0.4) is 0 Å². The second-order valence-corrected chi connectivity index (χ2v) is 20.8. The van der Waals surface area contributed by atoms with E-state index in [2.05, 4.69) is 57.2 Å². The molecule has 0 aliphatic heterocycles. The highest BCUT2D eigenvalue weighted by molar-refractivity contribution is 9.10. The number of aryl methyl sites for hydroxylation is 4. The van der Waals surface area contributed by atoms with Gasteiger partial charge in [-0.3, -0.25) is 14.8 Å². The molecule has 414 valence electrons. The third kappa shape index (κ3) is 11.3. The van der Waals surface area contributed by atoms with Gasteiger partial charge in [-0.15, -0.1) is 0 Å². The largest absolute Gasteiger partial charge is 0.465 e. The Bertz CT molecular complexity index is 4260. The molecule has 0 aliphatic carbocycles. The second-order valence-electron chi connectivity index (χ2n) is 20.0. The minimum atomic E-state index is -1.72. The summed E-state index contributed by atoms with van der Waals surface area (Å²) in [5.41, 5.74) is 7.62. The maximum Gasteiger partial charge on any atom is 0.423 e. The fourth-order valence-electron chi connectivity index (χ4n) is 9.62. The summed E-state index contributed by atoms with van der Waals surface area (Å²) in [6, 6.07) is 42.0. The standard InChI is InChI=1S/C29H25N5O3.C25H26N4O5.C9H6BrN/c1-4-36-28-32-23-16-20(26-17(2)34-37-18(26)3)15-21(27(23)33-28)29(35,24-11-7-8-14-30-24)25-13-12-19-9-5-6-10-22(19)31-25;1-7-32-23-27-21-17(22(30)18-10-8-9-11-26-18)12-16(20-14(2)28-34-15(20)3)13-19(21)29(23)24(31)33-25(4,5)6;10-9-6-5-7-3-1-2-4-8(7)11-9/h5-16,35H,4H2,1-3H3,(H,32,33);8-13H,7H2,1-6H3;1-6H. The molecular formula is C63H57BrN10O8. The van der Waals surface area contributed by atoms with Crippen molar-refractivity contribution in [2.45, 2.75) is 73.5 Å². The number of pyridine rings is 4. The van der Waals surface area contributed by atoms with Gasteiger partial charge < -0.3 is 33.3 Å². The SMILES string of the molecule is Brc1ccc2ccccc2n1.CCOc1nc2c(C(=O)c3ccccn3)cc(-c3c(C)noc3C)cc2n1C(=O)OC(C)(C)C.CCOc1nc2c(C(O)(c3ccccn3)c3ccc4ccccc4n3)cc(-c3c(C)noc3C)cc2[nH]1. The molecule has 0 amide bonds. The molecule has 1 atom stereocenters. The smallest absolute Gasteiger partial charge is 0.423 e. The van der Waals surface area contributed by atoms with E-state index in [0.717, 1.165) is 43.4 Å². The highest BCUT2D eigenvalue weighted by atomic mass is 79.9. The predicted octanol–water partition coefficient (Wildman–Crippen LogP) is 13.6. The molecule has 0 bridgehead atoms. The number of nitrogens with one attached hydrogen (secondary N) is 1. The monoisotopic (exact) mass is 1160 g/mol. The Morgan fingerprint density at radius 3 is 1.85 bits per heavy atom. The maximum atomic E-state index is 13.5. The molecule has 0 aliphatic rings. The number of imidazole rings is 2. The molecular weight excluding hydrogens is 1100 g/mol. The Labute approximate surface area is 479 Å². The lowest BCUT2D eigenvalue weighted by molar-refractivity contribution is 0.0527. The number of para-hydroxylation sites is 2. The second kappa shape index (κ2) is 23.3. The highest BCUT2D eigenvalue weighted by Crippen LogP contribution is 2.43. The maximum absolute atomic E-state index is 13.5. The van der Waals surface area contributed by atoms with Gasteiger partial charge in [0.1, 0.15) is 32.9 Å². The van der Waals surface area contributed by atoms with Crippen LogP contribution in [-0.4, -0.2) is 85.6 Å². The Morgan fingerprint density at radius 2 is 1.26 bits per heavy atom. The number of hydrogen-bond donors (Lipinski definition) is 2. The van der Waals surface area contributed by atoms with Crippen molar-refractivity contribution in [1.82, 2.24) is 49.8 Å². The first-order valence-corrected chi connectivity index (χ1v) is 27.2. The third-order valence-electron chi connectivity index (χ3n) is 13.2. The van der Waals surface area contributed by atoms with Crippen LogP contribution in [0.25, 0.3) is 66.1 Å². The summed E-state index contributed by atoms with van der Waals surface area (Å²) in [5.74, 6) is 0.926. The average molecular weight is 1160 g/mol. The number of H-pyrrole nitrogens is 1. The summed E-state index contributed by atoms with van der Waals surface area (Å²) in [6.45, 7) is 17.1. The zero-order valence-corrected chi connectivity index (χ0v) is 48.1. The number of nitrogens with zero attached hydrogens (tertiary/aromatic N) is 9. The number of ether oxygens (including phenoxy) is 3. The lowest BCUT2D eigenvalue weighted by atomic mass is 9.83. The number of fused-ring (bicyclic) bond motifs is 4. The molecule has 19 heteroatoms. The predicted molar refractivity (Wildman–Crippen MR) is 315 cm³/mol. The van der Waals surface area contributed by atoms with Crippen molar-refractivity contribution in [3.05, 3.63) is 202 Å². The van der Waals surface area contributed by atoms with Gasteiger partial charge in [-0.25, -0.2) is 14.8 Å². The van der Waals surface area contributed by atoms with E-state index >= 15 is 0 Å². The summed E-state index contributed by atoms with van der Waals surface area (Å²) in [4.78, 5) is 57.2. The summed E-state index contributed by atoms with van der Waals surface area (Å²) >= 11 is 3.32. The summed E-state index contributed by atoms with van der Waals surface area (Å²) < 4.78 is 29.9. The molecule has 18 nitrogen and oxygen atoms in total. The minimum Gasteiger partial charge on any atom is -0.465 e. The van der Waals surface area contributed by atoms with Crippen LogP contribution in [0.4, 0.5) is 4.79 Å². The normalized spacial score (nSPS) is 12.1. The summed E-state index contributed by atoms with van der Waals surface area (Å²) in [7, 11) is 0. The number of hydrogen-bond acceptors (Lipinski definition) is 16. The topological polar surface area (TPSA) is 232 Å². The summed E-state index contributed by atoms with van der Waals surface area (Å²) in [6.07, 6.45) is 2.55. The molecule has 82 heavy (non-hydrogen) atoms. The van der Waals surface area contributed by atoms with E-state index in [0.29, 0.717) is 74.4 Å². The quantitative estimate of drug-likeness (QED) is 0.0905. The molecule has 0 spiro atoms. The number of aromatic nitrogens is 10. The van der Waals surface area contributed by atoms with E-state index < -0.39 is 17.3 Å². The van der Waals surface area contributed by atoms with E-state index in [1.807, 2.05) is 119 Å². The van der Waals surface area contributed by atoms with E-state index in [-0.39, 0.29) is 29.7 Å². The van der Waals surface area contributed by atoms with Gasteiger partial charge in [0.05, 0.1) is 69.1 Å². The van der Waals surface area contributed by atoms with Crippen LogP contribution in [0.15, 0.2) is 160 Å². The van der Waals surface area contributed by atoms with Crippen molar-refractivity contribution in [1.29, 1.82) is 0 Å². The molecule has 0 saturated heterocycles. The Morgan fingerprint density at radius 1 is 0.646 bits per heavy atom. The van der Waals surface area contributed by atoms with Gasteiger partial charge in [0.2, 0.25) is 5.78 Å². The van der Waals surface area contributed by atoms with Gasteiger partial charge in [-0.2, -0.15) is 14.5 Å². The third-order valence-corrected chi connectivity index (χ3v) is 13.6. The van der Waals surface area contributed by atoms with Crippen LogP contribution in [-0.2, 0) is 10.3 Å². The first-order valence-electron chi connectivity index (χ1n) is 26.4. The fraction of sp³-hybridized carbons (Fsp3) is 0.206. The van der Waals surface area contributed by atoms with Crippen molar-refractivity contribution in [2.24, 2.45) is 0 Å². The van der Waals surface area contributed by atoms with E-state index in [1.54, 1.807) is 83.4 Å². The number of benzene rings is 4. The van der Waals surface area contributed by atoms with Crippen LogP contribution in [0.2, 0.25) is 0 Å². The van der Waals surface area contributed by atoms with Gasteiger partial charge >= 0.3 is 12.1 Å². The van der Waals surface area contributed by atoms with Gasteiger partial charge in [0.15, 0.2) is 5.60 Å². The zero-order chi connectivity index (χ0) is 57.9. The molecule has 8 aromatic heterocycles. The van der Waals surface area contributed by atoms with Gasteiger partial charge in [0, 0.05) is 39.9 Å². The van der Waals surface area contributed by atoms with Gasteiger partial charge in [0.25, 0.3) is 6.01 Å². The van der Waals surface area contributed by atoms with Crippen molar-refractivity contribution in [2.75, 3.05) is 13.2 Å². The number of rotatable bonds is 11. The molecule has 8 heterocycles.